The molecule has 154 valence electrons. The van der Waals surface area contributed by atoms with Crippen LogP contribution in [0, 0.1) is 5.82 Å². The smallest absolute Gasteiger partial charge is 0.253 e. The van der Waals surface area contributed by atoms with E-state index in [4.69, 9.17) is 0 Å². The van der Waals surface area contributed by atoms with Crippen LogP contribution in [0.1, 0.15) is 28.8 Å². The Morgan fingerprint density at radius 2 is 1.93 bits per heavy atom. The minimum absolute atomic E-state index is 0.0700. The van der Waals surface area contributed by atoms with Gasteiger partial charge in [-0.2, -0.15) is 0 Å². The van der Waals surface area contributed by atoms with Gasteiger partial charge in [0.2, 0.25) is 5.91 Å². The zero-order valence-corrected chi connectivity index (χ0v) is 16.4. The fourth-order valence-electron chi connectivity index (χ4n) is 3.36. The van der Waals surface area contributed by atoms with Crippen molar-refractivity contribution in [1.82, 2.24) is 20.1 Å². The Bertz CT molecular complexity index is 926. The lowest BCUT2D eigenvalue weighted by molar-refractivity contribution is -0.121. The molecule has 0 saturated carbocycles. The van der Waals surface area contributed by atoms with Crippen LogP contribution in [0.2, 0.25) is 0 Å². The standard InChI is InChI=1S/C21H25FN4O3/c1-25-10-2-3-18(13-25)24-21(29)16-6-9-20(28)26(12-16)14-19(27)23-11-15-4-7-17(22)8-5-15/h4-9,12,18H,2-3,10-11,13-14H2,1H3,(H,23,27)(H,24,29)/t18-/m1/s1. The van der Waals surface area contributed by atoms with Crippen LogP contribution >= 0.6 is 0 Å². The van der Waals surface area contributed by atoms with Gasteiger partial charge in [-0.05, 0) is 50.2 Å². The molecule has 8 heteroatoms. The van der Waals surface area contributed by atoms with Gasteiger partial charge < -0.3 is 20.1 Å². The quantitative estimate of drug-likeness (QED) is 0.762. The highest BCUT2D eigenvalue weighted by atomic mass is 19.1. The van der Waals surface area contributed by atoms with Crippen molar-refractivity contribution in [2.24, 2.45) is 0 Å². The molecule has 2 aromatic rings. The zero-order chi connectivity index (χ0) is 20.8. The highest BCUT2D eigenvalue weighted by molar-refractivity contribution is 5.94. The Kier molecular flexibility index (Phi) is 6.77. The van der Waals surface area contributed by atoms with Gasteiger partial charge in [-0.15, -0.1) is 0 Å². The Hall–Kier alpha value is -3.00. The van der Waals surface area contributed by atoms with Gasteiger partial charge in [-0.1, -0.05) is 12.1 Å². The summed E-state index contributed by atoms with van der Waals surface area (Å²) >= 11 is 0. The van der Waals surface area contributed by atoms with Gasteiger partial charge >= 0.3 is 0 Å². The maximum Gasteiger partial charge on any atom is 0.253 e. The number of halogens is 1. The summed E-state index contributed by atoms with van der Waals surface area (Å²) in [4.78, 5) is 39.0. The first-order valence-corrected chi connectivity index (χ1v) is 9.62. The van der Waals surface area contributed by atoms with E-state index in [1.807, 2.05) is 7.05 Å². The van der Waals surface area contributed by atoms with Crippen molar-refractivity contribution in [3.63, 3.8) is 0 Å². The Morgan fingerprint density at radius 1 is 1.17 bits per heavy atom. The number of carbonyl (C=O) groups excluding carboxylic acids is 2. The average Bonchev–Trinajstić information content (AvgIpc) is 2.69. The number of piperidine rings is 1. The first kappa shape index (κ1) is 20.7. The molecule has 3 rings (SSSR count). The van der Waals surface area contributed by atoms with E-state index in [0.29, 0.717) is 5.56 Å². The van der Waals surface area contributed by atoms with Crippen LogP contribution in [0.4, 0.5) is 4.39 Å². The van der Waals surface area contributed by atoms with Crippen molar-refractivity contribution < 1.29 is 14.0 Å². The summed E-state index contributed by atoms with van der Waals surface area (Å²) in [6.45, 7) is 1.83. The van der Waals surface area contributed by atoms with Gasteiger partial charge in [0.05, 0.1) is 5.56 Å². The number of amides is 2. The van der Waals surface area contributed by atoms with Crippen LogP contribution in [0.15, 0.2) is 47.4 Å². The summed E-state index contributed by atoms with van der Waals surface area (Å²) in [6, 6.07) is 8.62. The third kappa shape index (κ3) is 5.99. The molecule has 1 fully saturated rings. The van der Waals surface area contributed by atoms with Gasteiger partial charge in [-0.25, -0.2) is 4.39 Å². The summed E-state index contributed by atoms with van der Waals surface area (Å²) in [5.41, 5.74) is 0.720. The lowest BCUT2D eigenvalue weighted by atomic mass is 10.1. The normalized spacial score (nSPS) is 17.0. The summed E-state index contributed by atoms with van der Waals surface area (Å²) in [7, 11) is 2.02. The minimum atomic E-state index is -0.372. The van der Waals surface area contributed by atoms with Gasteiger partial charge in [0.25, 0.3) is 11.5 Å². The number of aromatic nitrogens is 1. The summed E-state index contributed by atoms with van der Waals surface area (Å²) in [6.07, 6.45) is 3.35. The molecule has 0 unspecified atom stereocenters. The largest absolute Gasteiger partial charge is 0.350 e. The van der Waals surface area contributed by atoms with Gasteiger partial charge in [-0.3, -0.25) is 14.4 Å². The summed E-state index contributed by atoms with van der Waals surface area (Å²) < 4.78 is 14.1. The molecule has 0 aliphatic carbocycles. The van der Waals surface area contributed by atoms with E-state index in [1.54, 1.807) is 12.1 Å². The summed E-state index contributed by atoms with van der Waals surface area (Å²) in [5, 5.41) is 5.68. The summed E-state index contributed by atoms with van der Waals surface area (Å²) in [5.74, 6) is -0.977. The predicted molar refractivity (Wildman–Crippen MR) is 107 cm³/mol. The zero-order valence-electron chi connectivity index (χ0n) is 16.4. The first-order valence-electron chi connectivity index (χ1n) is 9.62. The minimum Gasteiger partial charge on any atom is -0.350 e. The molecule has 1 aliphatic rings. The number of carbonyl (C=O) groups is 2. The second kappa shape index (κ2) is 9.47. The third-order valence-corrected chi connectivity index (χ3v) is 4.92. The van der Waals surface area contributed by atoms with E-state index in [1.165, 1.54) is 35.0 Å². The highest BCUT2D eigenvalue weighted by Crippen LogP contribution is 2.09. The molecule has 1 aliphatic heterocycles. The molecule has 2 N–H and O–H groups in total. The van der Waals surface area contributed by atoms with Crippen LogP contribution < -0.4 is 16.2 Å². The predicted octanol–water partition coefficient (Wildman–Crippen LogP) is 1.13. The van der Waals surface area contributed by atoms with Crippen LogP contribution in [-0.4, -0.2) is 47.5 Å². The van der Waals surface area contributed by atoms with Crippen molar-refractivity contribution in [2.45, 2.75) is 32.0 Å². The maximum atomic E-state index is 12.9. The van der Waals surface area contributed by atoms with Gasteiger partial charge in [0, 0.05) is 31.4 Å². The Balaban J connectivity index is 1.59. The van der Waals surface area contributed by atoms with E-state index in [-0.39, 0.29) is 42.3 Å². The van der Waals surface area contributed by atoms with E-state index in [9.17, 15) is 18.8 Å². The average molecular weight is 400 g/mol. The van der Waals surface area contributed by atoms with Crippen molar-refractivity contribution in [3.05, 3.63) is 69.9 Å². The van der Waals surface area contributed by atoms with E-state index >= 15 is 0 Å². The molecule has 2 heterocycles. The fourth-order valence-corrected chi connectivity index (χ4v) is 3.36. The van der Waals surface area contributed by atoms with Crippen molar-refractivity contribution in [2.75, 3.05) is 20.1 Å². The molecular weight excluding hydrogens is 375 g/mol. The van der Waals surface area contributed by atoms with Gasteiger partial charge in [0.15, 0.2) is 0 Å². The monoisotopic (exact) mass is 400 g/mol. The lowest BCUT2D eigenvalue weighted by Gasteiger charge is -2.30. The number of nitrogens with zero attached hydrogens (tertiary/aromatic N) is 2. The Labute approximate surface area is 168 Å². The number of nitrogens with one attached hydrogen (secondary N) is 2. The van der Waals surface area contributed by atoms with Crippen LogP contribution in [0.25, 0.3) is 0 Å². The van der Waals surface area contributed by atoms with Crippen LogP contribution in [0.5, 0.6) is 0 Å². The molecular formula is C21H25FN4O3. The molecule has 1 aromatic carbocycles. The number of likely N-dealkylation sites (N-methyl/N-ethyl adjacent to an activating group) is 1. The van der Waals surface area contributed by atoms with Crippen molar-refractivity contribution in [1.29, 1.82) is 0 Å². The molecule has 0 radical (unpaired) electrons. The second-order valence-electron chi connectivity index (χ2n) is 7.36. The molecule has 2 amide bonds. The Morgan fingerprint density at radius 3 is 2.66 bits per heavy atom. The van der Waals surface area contributed by atoms with Crippen LogP contribution in [0.3, 0.4) is 0 Å². The topological polar surface area (TPSA) is 83.4 Å². The third-order valence-electron chi connectivity index (χ3n) is 4.92. The molecule has 1 aromatic heterocycles. The van der Waals surface area contributed by atoms with Crippen molar-refractivity contribution in [3.8, 4) is 0 Å². The number of rotatable bonds is 6. The van der Waals surface area contributed by atoms with E-state index in [2.05, 4.69) is 15.5 Å². The number of benzene rings is 1. The SMILES string of the molecule is CN1CCC[C@@H](NC(=O)c2ccc(=O)n(CC(=O)NCc3ccc(F)cc3)c2)C1. The molecule has 0 bridgehead atoms. The number of hydrogen-bond donors (Lipinski definition) is 2. The number of pyridine rings is 1. The van der Waals surface area contributed by atoms with E-state index < -0.39 is 0 Å². The molecule has 29 heavy (non-hydrogen) atoms. The second-order valence-corrected chi connectivity index (χ2v) is 7.36. The fraction of sp³-hybridized carbons (Fsp3) is 0.381. The lowest BCUT2D eigenvalue weighted by Crippen LogP contribution is -2.46. The number of likely N-dealkylation sites (tertiary alicyclic amines) is 1. The maximum absolute atomic E-state index is 12.9. The molecule has 7 nitrogen and oxygen atoms in total. The molecule has 1 saturated heterocycles. The molecule has 0 spiro atoms. The highest BCUT2D eigenvalue weighted by Gasteiger charge is 2.20. The van der Waals surface area contributed by atoms with Crippen molar-refractivity contribution >= 4 is 11.8 Å². The van der Waals surface area contributed by atoms with Gasteiger partial charge in [0.1, 0.15) is 12.4 Å². The first-order chi connectivity index (χ1) is 13.9. The molecule has 1 atom stereocenters. The van der Waals surface area contributed by atoms with E-state index in [0.717, 1.165) is 31.5 Å². The van der Waals surface area contributed by atoms with Crippen LogP contribution in [-0.2, 0) is 17.9 Å². The number of hydrogen-bond acceptors (Lipinski definition) is 4.